The quantitative estimate of drug-likeness (QED) is 0.776. The minimum absolute atomic E-state index is 0.0194. The molecule has 0 unspecified atom stereocenters. The van der Waals surface area contributed by atoms with E-state index in [-0.39, 0.29) is 17.8 Å². The van der Waals surface area contributed by atoms with E-state index in [0.717, 1.165) is 13.1 Å². The summed E-state index contributed by atoms with van der Waals surface area (Å²) in [5.41, 5.74) is 0.551. The lowest BCUT2D eigenvalue weighted by Crippen LogP contribution is -2.52. The lowest BCUT2D eigenvalue weighted by Gasteiger charge is -2.34. The molecule has 16 heavy (non-hydrogen) atoms. The first-order chi connectivity index (χ1) is 7.68. The van der Waals surface area contributed by atoms with Gasteiger partial charge in [0.1, 0.15) is 5.82 Å². The van der Waals surface area contributed by atoms with Crippen LogP contribution in [0.4, 0.5) is 4.39 Å². The van der Waals surface area contributed by atoms with Gasteiger partial charge in [-0.25, -0.2) is 4.39 Å². The lowest BCUT2D eigenvalue weighted by molar-refractivity contribution is 0.0655. The zero-order chi connectivity index (χ0) is 11.5. The van der Waals surface area contributed by atoms with E-state index >= 15 is 0 Å². The number of hydrogen-bond acceptors (Lipinski definition) is 2. The van der Waals surface area contributed by atoms with Crippen LogP contribution in [0, 0.1) is 5.82 Å². The van der Waals surface area contributed by atoms with Gasteiger partial charge >= 0.3 is 0 Å². The molecule has 1 N–H and O–H groups in total. The van der Waals surface area contributed by atoms with Crippen molar-refractivity contribution in [2.24, 2.45) is 0 Å². The number of benzene rings is 1. The molecule has 1 aromatic carbocycles. The molecule has 1 aliphatic heterocycles. The molecule has 0 aromatic heterocycles. The number of amides is 1. The van der Waals surface area contributed by atoms with Crippen LogP contribution in [0.1, 0.15) is 17.3 Å². The van der Waals surface area contributed by atoms with Gasteiger partial charge in [-0.1, -0.05) is 0 Å². The average molecular weight is 222 g/mol. The third-order valence-electron chi connectivity index (χ3n) is 2.85. The van der Waals surface area contributed by atoms with Crippen molar-refractivity contribution < 1.29 is 9.18 Å². The number of halogens is 1. The van der Waals surface area contributed by atoms with Crippen LogP contribution in [0.2, 0.25) is 0 Å². The van der Waals surface area contributed by atoms with Crippen molar-refractivity contribution in [3.05, 3.63) is 35.6 Å². The SMILES string of the molecule is C[C@H]1CNCCN1C(=O)c1ccc(F)cc1. The highest BCUT2D eigenvalue weighted by Crippen LogP contribution is 2.11. The lowest BCUT2D eigenvalue weighted by atomic mass is 10.1. The number of carbonyl (C=O) groups is 1. The number of hydrogen-bond donors (Lipinski definition) is 1. The van der Waals surface area contributed by atoms with Gasteiger partial charge in [-0.05, 0) is 31.2 Å². The van der Waals surface area contributed by atoms with Gasteiger partial charge in [0.25, 0.3) is 5.91 Å². The molecule has 1 amide bonds. The van der Waals surface area contributed by atoms with Gasteiger partial charge in [-0.3, -0.25) is 4.79 Å². The first-order valence-electron chi connectivity index (χ1n) is 5.46. The molecule has 0 aliphatic carbocycles. The Kier molecular flexibility index (Phi) is 3.19. The molecule has 1 saturated heterocycles. The number of piperazine rings is 1. The second-order valence-corrected chi connectivity index (χ2v) is 4.06. The highest BCUT2D eigenvalue weighted by Gasteiger charge is 2.23. The summed E-state index contributed by atoms with van der Waals surface area (Å²) < 4.78 is 12.7. The van der Waals surface area contributed by atoms with Crippen molar-refractivity contribution in [2.45, 2.75) is 13.0 Å². The normalized spacial score (nSPS) is 20.9. The molecule has 86 valence electrons. The predicted octanol–water partition coefficient (Wildman–Crippen LogP) is 1.26. The predicted molar refractivity (Wildman–Crippen MR) is 59.8 cm³/mol. The average Bonchev–Trinajstić information content (AvgIpc) is 2.30. The van der Waals surface area contributed by atoms with Crippen molar-refractivity contribution in [3.63, 3.8) is 0 Å². The van der Waals surface area contributed by atoms with Crippen LogP contribution >= 0.6 is 0 Å². The van der Waals surface area contributed by atoms with E-state index in [4.69, 9.17) is 0 Å². The molecule has 1 fully saturated rings. The first-order valence-corrected chi connectivity index (χ1v) is 5.46. The highest BCUT2D eigenvalue weighted by atomic mass is 19.1. The Bertz CT molecular complexity index is 377. The third kappa shape index (κ3) is 2.22. The Morgan fingerprint density at radius 2 is 2.12 bits per heavy atom. The van der Waals surface area contributed by atoms with Crippen molar-refractivity contribution >= 4 is 5.91 Å². The van der Waals surface area contributed by atoms with Gasteiger partial charge in [0.05, 0.1) is 0 Å². The zero-order valence-electron chi connectivity index (χ0n) is 9.24. The van der Waals surface area contributed by atoms with E-state index in [1.54, 1.807) is 0 Å². The van der Waals surface area contributed by atoms with E-state index < -0.39 is 0 Å². The summed E-state index contributed by atoms with van der Waals surface area (Å²) in [5.74, 6) is -0.334. The van der Waals surface area contributed by atoms with Crippen LogP contribution in [-0.2, 0) is 0 Å². The van der Waals surface area contributed by atoms with Gasteiger partial charge in [-0.2, -0.15) is 0 Å². The van der Waals surface area contributed by atoms with Gasteiger partial charge in [-0.15, -0.1) is 0 Å². The minimum Gasteiger partial charge on any atom is -0.333 e. The van der Waals surface area contributed by atoms with E-state index in [1.165, 1.54) is 24.3 Å². The van der Waals surface area contributed by atoms with E-state index in [0.29, 0.717) is 12.1 Å². The maximum atomic E-state index is 12.7. The van der Waals surface area contributed by atoms with E-state index in [2.05, 4.69) is 5.32 Å². The summed E-state index contributed by atoms with van der Waals surface area (Å²) in [6.45, 7) is 4.34. The first kappa shape index (κ1) is 11.1. The van der Waals surface area contributed by atoms with Crippen LogP contribution in [0.5, 0.6) is 0 Å². The molecule has 1 aromatic rings. The number of rotatable bonds is 1. The third-order valence-corrected chi connectivity index (χ3v) is 2.85. The fourth-order valence-electron chi connectivity index (χ4n) is 1.90. The largest absolute Gasteiger partial charge is 0.333 e. The molecule has 1 atom stereocenters. The number of carbonyl (C=O) groups excluding carboxylic acids is 1. The number of nitrogens with one attached hydrogen (secondary N) is 1. The Labute approximate surface area is 94.3 Å². The topological polar surface area (TPSA) is 32.3 Å². The van der Waals surface area contributed by atoms with Crippen LogP contribution in [0.15, 0.2) is 24.3 Å². The summed E-state index contributed by atoms with van der Waals surface area (Å²) in [4.78, 5) is 13.9. The maximum absolute atomic E-state index is 12.7. The molecule has 0 bridgehead atoms. The standard InChI is InChI=1S/C12H15FN2O/c1-9-8-14-6-7-15(9)12(16)10-2-4-11(13)5-3-10/h2-5,9,14H,6-8H2,1H3/t9-/m0/s1. The van der Waals surface area contributed by atoms with Gasteiger partial charge in [0.15, 0.2) is 0 Å². The van der Waals surface area contributed by atoms with Gasteiger partial charge < -0.3 is 10.2 Å². The molecule has 4 heteroatoms. The molecule has 1 aliphatic rings. The summed E-state index contributed by atoms with van der Waals surface area (Å²) in [6.07, 6.45) is 0. The minimum atomic E-state index is -0.315. The Morgan fingerprint density at radius 3 is 2.75 bits per heavy atom. The van der Waals surface area contributed by atoms with Crippen molar-refractivity contribution in [2.75, 3.05) is 19.6 Å². The molecule has 0 saturated carbocycles. The summed E-state index contributed by atoms with van der Waals surface area (Å²) in [6, 6.07) is 5.89. The van der Waals surface area contributed by atoms with Crippen LogP contribution in [0.25, 0.3) is 0 Å². The number of nitrogens with zero attached hydrogens (tertiary/aromatic N) is 1. The van der Waals surface area contributed by atoms with Gasteiger partial charge in [0.2, 0.25) is 0 Å². The van der Waals surface area contributed by atoms with E-state index in [1.807, 2.05) is 11.8 Å². The summed E-state index contributed by atoms with van der Waals surface area (Å²) in [7, 11) is 0. The molecular weight excluding hydrogens is 207 g/mol. The molecule has 0 spiro atoms. The monoisotopic (exact) mass is 222 g/mol. The van der Waals surface area contributed by atoms with Crippen LogP contribution in [-0.4, -0.2) is 36.5 Å². The Morgan fingerprint density at radius 1 is 1.44 bits per heavy atom. The maximum Gasteiger partial charge on any atom is 0.254 e. The molecule has 1 heterocycles. The zero-order valence-corrected chi connectivity index (χ0v) is 9.24. The fourth-order valence-corrected chi connectivity index (χ4v) is 1.90. The fraction of sp³-hybridized carbons (Fsp3) is 0.417. The Balaban J connectivity index is 2.14. The van der Waals surface area contributed by atoms with Crippen LogP contribution in [0.3, 0.4) is 0 Å². The summed E-state index contributed by atoms with van der Waals surface area (Å²) >= 11 is 0. The van der Waals surface area contributed by atoms with E-state index in [9.17, 15) is 9.18 Å². The molecule has 0 radical (unpaired) electrons. The molecule has 2 rings (SSSR count). The van der Waals surface area contributed by atoms with Crippen molar-refractivity contribution in [1.29, 1.82) is 0 Å². The Hall–Kier alpha value is -1.42. The summed E-state index contributed by atoms with van der Waals surface area (Å²) in [5, 5.41) is 3.23. The second-order valence-electron chi connectivity index (χ2n) is 4.06. The van der Waals surface area contributed by atoms with Crippen molar-refractivity contribution in [1.82, 2.24) is 10.2 Å². The van der Waals surface area contributed by atoms with Crippen LogP contribution < -0.4 is 5.32 Å². The highest BCUT2D eigenvalue weighted by molar-refractivity contribution is 5.94. The second kappa shape index (κ2) is 4.61. The molecular formula is C12H15FN2O. The van der Waals surface area contributed by atoms with Crippen molar-refractivity contribution in [3.8, 4) is 0 Å². The van der Waals surface area contributed by atoms with Gasteiger partial charge in [0, 0.05) is 31.2 Å². The molecule has 3 nitrogen and oxygen atoms in total. The smallest absolute Gasteiger partial charge is 0.254 e.